The maximum absolute atomic E-state index is 11.9. The molecule has 0 amide bonds. The summed E-state index contributed by atoms with van der Waals surface area (Å²) in [6.45, 7) is -0.321. The number of hydrogen-bond acceptors (Lipinski definition) is 3. The summed E-state index contributed by atoms with van der Waals surface area (Å²) < 4.78 is 61.4. The van der Waals surface area contributed by atoms with Crippen molar-refractivity contribution in [2.24, 2.45) is 0 Å². The summed E-state index contributed by atoms with van der Waals surface area (Å²) in [5, 5.41) is 8.58. The second-order valence-corrected chi connectivity index (χ2v) is 6.10. The van der Waals surface area contributed by atoms with Crippen LogP contribution in [0.3, 0.4) is 0 Å². The molecule has 0 saturated heterocycles. The zero-order chi connectivity index (χ0) is 16.1. The molecule has 0 aliphatic carbocycles. The number of rotatable bonds is 7. The van der Waals surface area contributed by atoms with E-state index in [1.54, 1.807) is 0 Å². The fourth-order valence-corrected chi connectivity index (χ4v) is 2.61. The molecular formula is C12H14F3NO4S. The molecule has 0 spiro atoms. The molecule has 0 saturated carbocycles. The molecule has 0 heterocycles. The van der Waals surface area contributed by atoms with Crippen LogP contribution in [-0.2, 0) is 21.2 Å². The van der Waals surface area contributed by atoms with Crippen LogP contribution < -0.4 is 4.72 Å². The van der Waals surface area contributed by atoms with Gasteiger partial charge in [0.25, 0.3) is 0 Å². The minimum absolute atomic E-state index is 0.122. The Bertz CT molecular complexity index is 582. The van der Waals surface area contributed by atoms with Gasteiger partial charge in [-0.15, -0.1) is 0 Å². The molecule has 118 valence electrons. The quantitative estimate of drug-likeness (QED) is 0.751. The molecule has 0 radical (unpaired) electrons. The minimum atomic E-state index is -4.32. The lowest BCUT2D eigenvalue weighted by molar-refractivity contribution is -0.136. The Morgan fingerprint density at radius 1 is 1.19 bits per heavy atom. The van der Waals surface area contributed by atoms with Crippen molar-refractivity contribution >= 4 is 16.0 Å². The lowest BCUT2D eigenvalue weighted by atomic mass is 10.2. The van der Waals surface area contributed by atoms with E-state index in [4.69, 9.17) is 5.11 Å². The van der Waals surface area contributed by atoms with Gasteiger partial charge in [0.15, 0.2) is 0 Å². The lowest BCUT2D eigenvalue weighted by Gasteiger charge is -2.08. The van der Waals surface area contributed by atoms with Gasteiger partial charge < -0.3 is 5.11 Å². The first-order valence-corrected chi connectivity index (χ1v) is 7.46. The normalized spacial score (nSPS) is 12.3. The molecule has 9 heteroatoms. The van der Waals surface area contributed by atoms with E-state index in [9.17, 15) is 26.4 Å². The predicted octanol–water partition coefficient (Wildman–Crippen LogP) is 1.93. The van der Waals surface area contributed by atoms with E-state index in [0.29, 0.717) is 5.56 Å². The van der Waals surface area contributed by atoms with Gasteiger partial charge in [0, 0.05) is 13.0 Å². The highest BCUT2D eigenvalue weighted by molar-refractivity contribution is 7.89. The molecule has 1 aromatic rings. The average molecular weight is 325 g/mol. The van der Waals surface area contributed by atoms with Crippen molar-refractivity contribution < 1.29 is 31.5 Å². The van der Waals surface area contributed by atoms with Crippen LogP contribution in [0.5, 0.6) is 0 Å². The second kappa shape index (κ2) is 6.90. The zero-order valence-corrected chi connectivity index (χ0v) is 11.7. The predicted molar refractivity (Wildman–Crippen MR) is 68.3 cm³/mol. The second-order valence-electron chi connectivity index (χ2n) is 4.33. The molecule has 0 fully saturated rings. The number of sulfonamides is 1. The van der Waals surface area contributed by atoms with Crippen LogP contribution in [0, 0.1) is 0 Å². The van der Waals surface area contributed by atoms with E-state index < -0.39 is 28.6 Å². The number of benzene rings is 1. The van der Waals surface area contributed by atoms with Crippen LogP contribution in [-0.4, -0.2) is 32.2 Å². The van der Waals surface area contributed by atoms with Gasteiger partial charge in [0.05, 0.1) is 11.3 Å². The Morgan fingerprint density at radius 3 is 2.24 bits per heavy atom. The number of halogens is 3. The van der Waals surface area contributed by atoms with Crippen LogP contribution in [0.25, 0.3) is 0 Å². The zero-order valence-electron chi connectivity index (χ0n) is 10.9. The Hall–Kier alpha value is -1.61. The summed E-state index contributed by atoms with van der Waals surface area (Å²) in [4.78, 5) is 10.4. The molecule has 0 bridgehead atoms. The largest absolute Gasteiger partial charge is 0.481 e. The van der Waals surface area contributed by atoms with E-state index in [1.807, 2.05) is 0 Å². The first-order valence-electron chi connectivity index (χ1n) is 5.97. The molecule has 0 atom stereocenters. The van der Waals surface area contributed by atoms with Gasteiger partial charge in [-0.25, -0.2) is 13.1 Å². The number of carbonyl (C=O) groups is 1. The summed E-state index contributed by atoms with van der Waals surface area (Å²) in [6.07, 6.45) is -5.96. The van der Waals surface area contributed by atoms with Crippen molar-refractivity contribution in [3.63, 3.8) is 0 Å². The van der Waals surface area contributed by atoms with Crippen LogP contribution >= 0.6 is 0 Å². The van der Waals surface area contributed by atoms with Crippen molar-refractivity contribution in [2.75, 3.05) is 6.54 Å². The summed E-state index contributed by atoms with van der Waals surface area (Å²) in [6, 6.07) is 5.12. The van der Waals surface area contributed by atoms with Gasteiger partial charge in [-0.1, -0.05) is 12.1 Å². The summed E-state index contributed by atoms with van der Waals surface area (Å²) >= 11 is 0. The number of aliphatic carboxylic acids is 1. The molecule has 0 aliphatic rings. The van der Waals surface area contributed by atoms with Gasteiger partial charge in [-0.05, 0) is 24.1 Å². The topological polar surface area (TPSA) is 83.5 Å². The molecule has 2 N–H and O–H groups in total. The summed E-state index contributed by atoms with van der Waals surface area (Å²) in [7, 11) is -3.89. The molecule has 0 unspecified atom stereocenters. The van der Waals surface area contributed by atoms with Crippen molar-refractivity contribution in [1.29, 1.82) is 0 Å². The van der Waals surface area contributed by atoms with E-state index in [2.05, 4.69) is 4.72 Å². The van der Waals surface area contributed by atoms with Crippen molar-refractivity contribution in [3.05, 3.63) is 29.8 Å². The molecule has 1 rings (SSSR count). The summed E-state index contributed by atoms with van der Waals surface area (Å²) in [5.74, 6) is -1.05. The molecule has 5 nitrogen and oxygen atoms in total. The standard InChI is InChI=1S/C12H14F3NO4S/c13-12(14,15)6-1-7-16-21(19,20)10-4-2-9(3-5-10)8-11(17)18/h2-5,16H,1,6-8H2,(H,17,18). The van der Waals surface area contributed by atoms with Crippen LogP contribution in [0.4, 0.5) is 13.2 Å². The third-order valence-corrected chi connectivity index (χ3v) is 4.00. The molecular weight excluding hydrogens is 311 g/mol. The van der Waals surface area contributed by atoms with Gasteiger partial charge in [-0.3, -0.25) is 4.79 Å². The third-order valence-electron chi connectivity index (χ3n) is 2.52. The maximum Gasteiger partial charge on any atom is 0.389 e. The molecule has 1 aromatic carbocycles. The van der Waals surface area contributed by atoms with Crippen LogP contribution in [0.2, 0.25) is 0 Å². The minimum Gasteiger partial charge on any atom is -0.481 e. The Kier molecular flexibility index (Phi) is 5.73. The fourth-order valence-electron chi connectivity index (χ4n) is 1.54. The van der Waals surface area contributed by atoms with Crippen molar-refractivity contribution in [2.45, 2.75) is 30.3 Å². The molecule has 0 aromatic heterocycles. The number of nitrogens with one attached hydrogen (secondary N) is 1. The SMILES string of the molecule is O=C(O)Cc1ccc(S(=O)(=O)NCCCC(F)(F)F)cc1. The van der Waals surface area contributed by atoms with E-state index in [0.717, 1.165) is 0 Å². The number of alkyl halides is 3. The third kappa shape index (κ3) is 6.58. The summed E-state index contributed by atoms with van der Waals surface area (Å²) in [5.41, 5.74) is 0.429. The lowest BCUT2D eigenvalue weighted by Crippen LogP contribution is -2.25. The van der Waals surface area contributed by atoms with Gasteiger partial charge in [0.1, 0.15) is 0 Å². The highest BCUT2D eigenvalue weighted by atomic mass is 32.2. The van der Waals surface area contributed by atoms with E-state index in [1.165, 1.54) is 24.3 Å². The van der Waals surface area contributed by atoms with Crippen molar-refractivity contribution in [1.82, 2.24) is 4.72 Å². The Balaban J connectivity index is 2.60. The first-order chi connectivity index (χ1) is 9.60. The Labute approximate surface area is 119 Å². The molecule has 0 aliphatic heterocycles. The Morgan fingerprint density at radius 2 is 1.76 bits per heavy atom. The van der Waals surface area contributed by atoms with E-state index >= 15 is 0 Å². The molecule has 21 heavy (non-hydrogen) atoms. The smallest absolute Gasteiger partial charge is 0.389 e. The maximum atomic E-state index is 11.9. The monoisotopic (exact) mass is 325 g/mol. The van der Waals surface area contributed by atoms with E-state index in [-0.39, 0.29) is 24.3 Å². The number of hydrogen-bond donors (Lipinski definition) is 2. The number of carboxylic acid groups (broad SMARTS) is 1. The fraction of sp³-hybridized carbons (Fsp3) is 0.417. The van der Waals surface area contributed by atoms with Gasteiger partial charge in [-0.2, -0.15) is 13.2 Å². The first kappa shape index (κ1) is 17.4. The average Bonchev–Trinajstić information content (AvgIpc) is 2.33. The van der Waals surface area contributed by atoms with Gasteiger partial charge in [0.2, 0.25) is 10.0 Å². The van der Waals surface area contributed by atoms with Crippen LogP contribution in [0.15, 0.2) is 29.2 Å². The van der Waals surface area contributed by atoms with Gasteiger partial charge >= 0.3 is 12.1 Å². The van der Waals surface area contributed by atoms with Crippen molar-refractivity contribution in [3.8, 4) is 0 Å². The number of carboxylic acids is 1. The highest BCUT2D eigenvalue weighted by Crippen LogP contribution is 2.21. The van der Waals surface area contributed by atoms with Crippen LogP contribution in [0.1, 0.15) is 18.4 Å². The highest BCUT2D eigenvalue weighted by Gasteiger charge is 2.26.